The Hall–Kier alpha value is -5.37. The standard InChI is InChI=1S/C29H15F14N5O2/c30-15-12(16(31)20(35)24(19(15)34)49-8-28(38,39)40)5-10-6-45-27(46-26(10)44)23-11-3-1-2-4-14(11)48(47-23)7-13-17(32)21(36)25(22(37)18(13)33)50-9-29(41,42)43/h1-4,6H,5,7-9H2,(H2,44,45,46). The van der Waals surface area contributed by atoms with Crippen LogP contribution in [-0.4, -0.2) is 45.3 Å². The molecule has 3 aromatic carbocycles. The van der Waals surface area contributed by atoms with Gasteiger partial charge in [-0.15, -0.1) is 0 Å². The van der Waals surface area contributed by atoms with Crippen molar-refractivity contribution in [2.45, 2.75) is 25.3 Å². The molecule has 266 valence electrons. The lowest BCUT2D eigenvalue weighted by Gasteiger charge is -2.14. The maximum atomic E-state index is 14.9. The van der Waals surface area contributed by atoms with Gasteiger partial charge in [0.15, 0.2) is 53.8 Å². The largest absolute Gasteiger partial charge is 0.478 e. The van der Waals surface area contributed by atoms with Gasteiger partial charge in [-0.1, -0.05) is 18.2 Å². The molecule has 21 heteroatoms. The van der Waals surface area contributed by atoms with Gasteiger partial charge in [0, 0.05) is 29.1 Å². The summed E-state index contributed by atoms with van der Waals surface area (Å²) >= 11 is 0. The minimum atomic E-state index is -5.09. The number of hydrogen-bond donors (Lipinski definition) is 1. The predicted molar refractivity (Wildman–Crippen MR) is 143 cm³/mol. The smallest absolute Gasteiger partial charge is 0.422 e. The van der Waals surface area contributed by atoms with E-state index in [9.17, 15) is 61.5 Å². The molecule has 0 aliphatic rings. The van der Waals surface area contributed by atoms with E-state index in [1.165, 1.54) is 24.3 Å². The Balaban J connectivity index is 1.48. The van der Waals surface area contributed by atoms with Crippen molar-refractivity contribution in [3.8, 4) is 23.0 Å². The van der Waals surface area contributed by atoms with Crippen molar-refractivity contribution in [1.82, 2.24) is 19.7 Å². The second-order valence-electron chi connectivity index (χ2n) is 10.2. The van der Waals surface area contributed by atoms with Gasteiger partial charge in [-0.25, -0.2) is 27.5 Å². The highest BCUT2D eigenvalue weighted by atomic mass is 19.4. The summed E-state index contributed by atoms with van der Waals surface area (Å²) in [5.74, 6) is -22.2. The maximum Gasteiger partial charge on any atom is 0.422 e. The number of halogens is 14. The number of ether oxygens (including phenoxy) is 2. The van der Waals surface area contributed by atoms with Crippen LogP contribution in [0, 0.1) is 46.5 Å². The molecule has 0 radical (unpaired) electrons. The Labute approximate surface area is 268 Å². The first-order valence-corrected chi connectivity index (χ1v) is 13.4. The van der Waals surface area contributed by atoms with E-state index in [4.69, 9.17) is 5.73 Å². The first-order valence-electron chi connectivity index (χ1n) is 13.4. The lowest BCUT2D eigenvalue weighted by molar-refractivity contribution is -0.155. The van der Waals surface area contributed by atoms with Crippen LogP contribution in [0.25, 0.3) is 22.4 Å². The second-order valence-corrected chi connectivity index (χ2v) is 10.2. The van der Waals surface area contributed by atoms with E-state index in [1.54, 1.807) is 0 Å². The lowest BCUT2D eigenvalue weighted by Crippen LogP contribution is -2.21. The fourth-order valence-electron chi connectivity index (χ4n) is 4.59. The summed E-state index contributed by atoms with van der Waals surface area (Å²) in [7, 11) is 0. The van der Waals surface area contributed by atoms with Gasteiger partial charge in [-0.2, -0.15) is 49.0 Å². The van der Waals surface area contributed by atoms with Gasteiger partial charge in [0.1, 0.15) is 11.5 Å². The molecule has 0 bridgehead atoms. The van der Waals surface area contributed by atoms with Gasteiger partial charge in [-0.3, -0.25) is 4.68 Å². The van der Waals surface area contributed by atoms with Crippen LogP contribution in [0.15, 0.2) is 30.5 Å². The molecule has 2 aromatic heterocycles. The van der Waals surface area contributed by atoms with Crippen molar-refractivity contribution in [3.05, 3.63) is 93.7 Å². The minimum absolute atomic E-state index is 0.0497. The average Bonchev–Trinajstić information content (AvgIpc) is 3.41. The van der Waals surface area contributed by atoms with E-state index in [0.29, 0.717) is 0 Å². The number of hydrogen-bond acceptors (Lipinski definition) is 6. The van der Waals surface area contributed by atoms with Crippen LogP contribution in [0.1, 0.15) is 16.7 Å². The number of aromatic nitrogens is 4. The highest BCUT2D eigenvalue weighted by Gasteiger charge is 2.35. The molecule has 5 rings (SSSR count). The third-order valence-electron chi connectivity index (χ3n) is 6.83. The van der Waals surface area contributed by atoms with E-state index in [0.717, 1.165) is 10.9 Å². The Morgan fingerprint density at radius 3 is 1.62 bits per heavy atom. The van der Waals surface area contributed by atoms with Crippen molar-refractivity contribution in [1.29, 1.82) is 0 Å². The van der Waals surface area contributed by atoms with Crippen LogP contribution in [-0.2, 0) is 13.0 Å². The zero-order valence-corrected chi connectivity index (χ0v) is 24.2. The van der Waals surface area contributed by atoms with E-state index >= 15 is 0 Å². The van der Waals surface area contributed by atoms with Crippen LogP contribution in [0.4, 0.5) is 67.3 Å². The Kier molecular flexibility index (Phi) is 9.45. The summed E-state index contributed by atoms with van der Waals surface area (Å²) in [4.78, 5) is 7.88. The fraction of sp³-hybridized carbons (Fsp3) is 0.207. The molecule has 0 fully saturated rings. The van der Waals surface area contributed by atoms with Crippen LogP contribution < -0.4 is 15.2 Å². The number of nitrogens with two attached hydrogens (primary N) is 1. The topological polar surface area (TPSA) is 88.1 Å². The highest BCUT2D eigenvalue weighted by molar-refractivity contribution is 5.91. The Morgan fingerprint density at radius 1 is 0.660 bits per heavy atom. The molecule has 0 saturated heterocycles. The van der Waals surface area contributed by atoms with Gasteiger partial charge >= 0.3 is 12.4 Å². The third-order valence-corrected chi connectivity index (χ3v) is 6.83. The monoisotopic (exact) mass is 731 g/mol. The summed E-state index contributed by atoms with van der Waals surface area (Å²) < 4.78 is 200. The first kappa shape index (κ1) is 35.9. The van der Waals surface area contributed by atoms with E-state index in [1.807, 2.05) is 0 Å². The van der Waals surface area contributed by atoms with Crippen LogP contribution in [0.3, 0.4) is 0 Å². The number of nitrogens with zero attached hydrogens (tertiary/aromatic N) is 4. The predicted octanol–water partition coefficient (Wildman–Crippen LogP) is 7.71. The molecule has 50 heavy (non-hydrogen) atoms. The number of rotatable bonds is 9. The summed E-state index contributed by atoms with van der Waals surface area (Å²) in [5.41, 5.74) is 2.80. The zero-order chi connectivity index (χ0) is 36.9. The Morgan fingerprint density at radius 2 is 1.14 bits per heavy atom. The molecule has 0 aliphatic carbocycles. The molecule has 2 N–H and O–H groups in total. The number of anilines is 1. The maximum absolute atomic E-state index is 14.9. The summed E-state index contributed by atoms with van der Waals surface area (Å²) in [6.07, 6.45) is -10.4. The van der Waals surface area contributed by atoms with Crippen LogP contribution in [0.5, 0.6) is 11.5 Å². The summed E-state index contributed by atoms with van der Waals surface area (Å²) in [6, 6.07) is 5.61. The molecule has 0 aliphatic heterocycles. The molecule has 0 unspecified atom stereocenters. The van der Waals surface area contributed by atoms with Crippen LogP contribution >= 0.6 is 0 Å². The fourth-order valence-corrected chi connectivity index (χ4v) is 4.59. The molecule has 7 nitrogen and oxygen atoms in total. The third kappa shape index (κ3) is 7.01. The molecule has 0 atom stereocenters. The number of para-hydroxylation sites is 1. The molecule has 0 amide bonds. The number of fused-ring (bicyclic) bond motifs is 1. The van der Waals surface area contributed by atoms with Gasteiger partial charge in [-0.05, 0) is 6.07 Å². The average molecular weight is 731 g/mol. The Bertz CT molecular complexity index is 2060. The molecular formula is C29H15F14N5O2. The molecule has 0 spiro atoms. The van der Waals surface area contributed by atoms with Crippen molar-refractivity contribution in [2.75, 3.05) is 18.9 Å². The molecule has 0 saturated carbocycles. The molecule has 2 heterocycles. The number of nitrogen functional groups attached to an aromatic ring is 1. The lowest BCUT2D eigenvalue weighted by atomic mass is 10.0. The normalized spacial score (nSPS) is 12.2. The van der Waals surface area contributed by atoms with Crippen LogP contribution in [0.2, 0.25) is 0 Å². The summed E-state index contributed by atoms with van der Waals surface area (Å²) in [5, 5.41) is 4.24. The minimum Gasteiger partial charge on any atom is -0.478 e. The van der Waals surface area contributed by atoms with Crippen molar-refractivity contribution < 1.29 is 70.9 Å². The van der Waals surface area contributed by atoms with Crippen molar-refractivity contribution in [3.63, 3.8) is 0 Å². The number of benzene rings is 3. The van der Waals surface area contributed by atoms with Gasteiger partial charge < -0.3 is 15.2 Å². The van der Waals surface area contributed by atoms with Gasteiger partial charge in [0.25, 0.3) is 0 Å². The zero-order valence-electron chi connectivity index (χ0n) is 24.2. The van der Waals surface area contributed by atoms with Gasteiger partial charge in [0.05, 0.1) is 17.6 Å². The van der Waals surface area contributed by atoms with Crippen molar-refractivity contribution in [2.24, 2.45) is 0 Å². The SMILES string of the molecule is Nc1nc(-c2nn(Cc3c(F)c(F)c(OCC(F)(F)F)c(F)c3F)c3ccccc23)ncc1Cc1c(F)c(F)c(OCC(F)(F)F)c(F)c1F. The summed E-state index contributed by atoms with van der Waals surface area (Å²) in [6.45, 7) is -5.55. The van der Waals surface area contributed by atoms with Crippen molar-refractivity contribution >= 4 is 16.7 Å². The first-order chi connectivity index (χ1) is 23.3. The molecule has 5 aromatic rings. The number of alkyl halides is 6. The van der Waals surface area contributed by atoms with E-state index in [-0.39, 0.29) is 28.0 Å². The van der Waals surface area contributed by atoms with E-state index in [2.05, 4.69) is 24.5 Å². The molecular weight excluding hydrogens is 716 g/mol. The van der Waals surface area contributed by atoms with Gasteiger partial charge in [0.2, 0.25) is 23.3 Å². The van der Waals surface area contributed by atoms with E-state index < -0.39 is 114 Å². The quantitative estimate of drug-likeness (QED) is 0.124. The highest BCUT2D eigenvalue weighted by Crippen LogP contribution is 2.35. The second kappa shape index (κ2) is 13.2.